The number of alkyl halides is 3. The number of halogens is 3. The van der Waals surface area contributed by atoms with Gasteiger partial charge in [0, 0.05) is 42.3 Å². The predicted octanol–water partition coefficient (Wildman–Crippen LogP) is 3.77. The van der Waals surface area contributed by atoms with Crippen LogP contribution in [0.3, 0.4) is 0 Å². The fraction of sp³-hybridized carbons (Fsp3) is 0.364. The monoisotopic (exact) mass is 456 g/mol. The number of piperazine rings is 1. The first-order valence-electron chi connectivity index (χ1n) is 10.6. The van der Waals surface area contributed by atoms with E-state index in [1.807, 2.05) is 13.1 Å². The van der Waals surface area contributed by atoms with Gasteiger partial charge in [-0.1, -0.05) is 0 Å². The lowest BCUT2D eigenvalue weighted by Crippen LogP contribution is -2.56. The zero-order valence-corrected chi connectivity index (χ0v) is 18.3. The first-order chi connectivity index (χ1) is 15.7. The second-order valence-corrected chi connectivity index (χ2v) is 8.42. The lowest BCUT2D eigenvalue weighted by atomic mass is 9.96. The Morgan fingerprint density at radius 3 is 2.64 bits per heavy atom. The van der Waals surface area contributed by atoms with Gasteiger partial charge in [-0.25, -0.2) is 15.0 Å². The zero-order valence-electron chi connectivity index (χ0n) is 18.3. The van der Waals surface area contributed by atoms with Crippen LogP contribution < -0.4 is 10.2 Å². The van der Waals surface area contributed by atoms with Gasteiger partial charge in [-0.05, 0) is 39.0 Å². The molecule has 1 saturated heterocycles. The molecule has 0 amide bonds. The maximum absolute atomic E-state index is 13.2. The molecule has 33 heavy (non-hydrogen) atoms. The molecular formula is C22H23F3N8. The summed E-state index contributed by atoms with van der Waals surface area (Å²) in [6, 6.07) is 4.27. The van der Waals surface area contributed by atoms with Crippen LogP contribution in [0.15, 0.2) is 43.0 Å². The average Bonchev–Trinajstić information content (AvgIpc) is 3.40. The SMILES string of the molecule is Cc1[nH]ncc1C1N[C@@H](C)CN(c2nccc(-c3cnc4ccc(C(F)(F)F)cn34)n2)[C@H]1C. The highest BCUT2D eigenvalue weighted by Crippen LogP contribution is 2.32. The molecule has 2 N–H and O–H groups in total. The summed E-state index contributed by atoms with van der Waals surface area (Å²) in [7, 11) is 0. The molecule has 1 aliphatic heterocycles. The standard InChI is InChI=1S/C22H23F3N8/c1-12-10-32(14(3)20(29-12)16-8-28-31-13(16)2)21-26-7-6-17(30-21)18-9-27-19-5-4-15(11-33(18)19)22(23,24)25/h4-9,11-12,14,20,29H,10H2,1-3H3,(H,28,31)/t12-,14-,20?/m0/s1. The number of hydrogen-bond acceptors (Lipinski definition) is 6. The minimum atomic E-state index is -4.45. The number of hydrogen-bond donors (Lipinski definition) is 2. The van der Waals surface area contributed by atoms with Crippen molar-refractivity contribution in [3.8, 4) is 11.4 Å². The number of imidazole rings is 1. The Labute approximate surface area is 187 Å². The van der Waals surface area contributed by atoms with Crippen LogP contribution in [0.1, 0.15) is 36.7 Å². The molecule has 0 radical (unpaired) electrons. The number of anilines is 1. The minimum absolute atomic E-state index is 0.0184. The highest BCUT2D eigenvalue weighted by atomic mass is 19.4. The number of nitrogens with one attached hydrogen (secondary N) is 2. The van der Waals surface area contributed by atoms with Crippen LogP contribution in [0.25, 0.3) is 17.0 Å². The van der Waals surface area contributed by atoms with Crippen LogP contribution in [-0.2, 0) is 6.18 Å². The number of fused-ring (bicyclic) bond motifs is 1. The number of aromatic nitrogens is 6. The Morgan fingerprint density at radius 1 is 1.09 bits per heavy atom. The van der Waals surface area contributed by atoms with Gasteiger partial charge in [0.05, 0.1) is 35.4 Å². The third-order valence-electron chi connectivity index (χ3n) is 6.11. The van der Waals surface area contributed by atoms with E-state index < -0.39 is 11.7 Å². The van der Waals surface area contributed by atoms with Crippen LogP contribution >= 0.6 is 0 Å². The van der Waals surface area contributed by atoms with E-state index in [9.17, 15) is 13.2 Å². The van der Waals surface area contributed by atoms with E-state index in [1.54, 1.807) is 12.3 Å². The molecular weight excluding hydrogens is 433 g/mol. The zero-order chi connectivity index (χ0) is 23.3. The molecule has 1 fully saturated rings. The molecule has 4 aromatic heterocycles. The maximum atomic E-state index is 13.2. The van der Waals surface area contributed by atoms with E-state index in [-0.39, 0.29) is 18.1 Å². The smallest absolute Gasteiger partial charge is 0.335 e. The lowest BCUT2D eigenvalue weighted by molar-refractivity contribution is -0.137. The molecule has 1 aliphatic rings. The second kappa shape index (κ2) is 7.84. The summed E-state index contributed by atoms with van der Waals surface area (Å²) in [6.07, 6.45) is 1.59. The van der Waals surface area contributed by atoms with Crippen molar-refractivity contribution >= 4 is 11.6 Å². The van der Waals surface area contributed by atoms with E-state index in [2.05, 4.69) is 44.2 Å². The lowest BCUT2D eigenvalue weighted by Gasteiger charge is -2.43. The summed E-state index contributed by atoms with van der Waals surface area (Å²) in [5, 5.41) is 10.8. The Morgan fingerprint density at radius 2 is 1.91 bits per heavy atom. The van der Waals surface area contributed by atoms with Gasteiger partial charge >= 0.3 is 6.18 Å². The van der Waals surface area contributed by atoms with Crippen molar-refractivity contribution in [2.24, 2.45) is 0 Å². The quantitative estimate of drug-likeness (QED) is 0.488. The molecule has 8 nitrogen and oxygen atoms in total. The summed E-state index contributed by atoms with van der Waals surface area (Å²) in [6.45, 7) is 6.85. The van der Waals surface area contributed by atoms with Crippen molar-refractivity contribution in [2.45, 2.75) is 45.1 Å². The Hall–Kier alpha value is -3.47. The van der Waals surface area contributed by atoms with Crippen LogP contribution in [-0.4, -0.2) is 48.2 Å². The highest BCUT2D eigenvalue weighted by molar-refractivity contribution is 5.61. The van der Waals surface area contributed by atoms with Gasteiger partial charge in [-0.3, -0.25) is 9.50 Å². The molecule has 1 unspecified atom stereocenters. The fourth-order valence-corrected chi connectivity index (χ4v) is 4.39. The summed E-state index contributed by atoms with van der Waals surface area (Å²) >= 11 is 0. The molecule has 5 rings (SSSR count). The minimum Gasteiger partial charge on any atom is -0.335 e. The van der Waals surface area contributed by atoms with Crippen molar-refractivity contribution in [1.29, 1.82) is 0 Å². The molecule has 172 valence electrons. The van der Waals surface area contributed by atoms with Crippen molar-refractivity contribution in [1.82, 2.24) is 34.9 Å². The van der Waals surface area contributed by atoms with Crippen molar-refractivity contribution < 1.29 is 13.2 Å². The summed E-state index contributed by atoms with van der Waals surface area (Å²) in [5.74, 6) is 0.515. The Balaban J connectivity index is 1.53. The van der Waals surface area contributed by atoms with Gasteiger partial charge in [0.25, 0.3) is 0 Å². The van der Waals surface area contributed by atoms with Gasteiger partial charge in [0.2, 0.25) is 5.95 Å². The van der Waals surface area contributed by atoms with E-state index in [0.717, 1.165) is 23.5 Å². The maximum Gasteiger partial charge on any atom is 0.417 e. The highest BCUT2D eigenvalue weighted by Gasteiger charge is 2.35. The molecule has 0 spiro atoms. The molecule has 11 heteroatoms. The Bertz CT molecular complexity index is 1290. The van der Waals surface area contributed by atoms with Crippen molar-refractivity contribution in [3.05, 3.63) is 59.8 Å². The molecule has 0 saturated carbocycles. The molecule has 0 aromatic carbocycles. The van der Waals surface area contributed by atoms with Crippen LogP contribution in [0.2, 0.25) is 0 Å². The van der Waals surface area contributed by atoms with E-state index >= 15 is 0 Å². The summed E-state index contributed by atoms with van der Waals surface area (Å²) in [4.78, 5) is 15.6. The molecule has 5 heterocycles. The van der Waals surface area contributed by atoms with Crippen LogP contribution in [0.5, 0.6) is 0 Å². The molecule has 0 bridgehead atoms. The predicted molar refractivity (Wildman–Crippen MR) is 117 cm³/mol. The average molecular weight is 456 g/mol. The van der Waals surface area contributed by atoms with E-state index in [4.69, 9.17) is 4.98 Å². The molecule has 4 aromatic rings. The van der Waals surface area contributed by atoms with Gasteiger partial charge in [0.15, 0.2) is 0 Å². The van der Waals surface area contributed by atoms with Gasteiger partial charge in [0.1, 0.15) is 5.65 Å². The third-order valence-corrected chi connectivity index (χ3v) is 6.11. The largest absolute Gasteiger partial charge is 0.417 e. The van der Waals surface area contributed by atoms with Gasteiger partial charge in [-0.15, -0.1) is 0 Å². The van der Waals surface area contributed by atoms with Crippen LogP contribution in [0, 0.1) is 6.92 Å². The number of aromatic amines is 1. The topological polar surface area (TPSA) is 87.0 Å². The number of nitrogens with zero attached hydrogens (tertiary/aromatic N) is 6. The first-order valence-corrected chi connectivity index (χ1v) is 10.6. The third kappa shape index (κ3) is 3.82. The van der Waals surface area contributed by atoms with Crippen molar-refractivity contribution in [3.63, 3.8) is 0 Å². The van der Waals surface area contributed by atoms with Gasteiger partial charge < -0.3 is 10.2 Å². The van der Waals surface area contributed by atoms with Gasteiger partial charge in [-0.2, -0.15) is 18.3 Å². The summed E-state index contributed by atoms with van der Waals surface area (Å²) in [5.41, 5.74) is 2.72. The molecule has 3 atom stereocenters. The molecule has 0 aliphatic carbocycles. The normalized spacial score (nSPS) is 21.6. The fourth-order valence-electron chi connectivity index (χ4n) is 4.39. The summed E-state index contributed by atoms with van der Waals surface area (Å²) < 4.78 is 41.2. The van der Waals surface area contributed by atoms with E-state index in [1.165, 1.54) is 16.7 Å². The number of rotatable bonds is 3. The van der Waals surface area contributed by atoms with Crippen molar-refractivity contribution in [2.75, 3.05) is 11.4 Å². The number of aryl methyl sites for hydroxylation is 1. The Kier molecular flexibility index (Phi) is 5.08. The van der Waals surface area contributed by atoms with E-state index in [0.29, 0.717) is 29.5 Å². The second-order valence-electron chi connectivity index (χ2n) is 8.42. The number of pyridine rings is 1. The van der Waals surface area contributed by atoms with Crippen LogP contribution in [0.4, 0.5) is 19.1 Å². The number of H-pyrrole nitrogens is 1. The first kappa shape index (κ1) is 21.4.